The third kappa shape index (κ3) is 4.05. The van der Waals surface area contributed by atoms with Crippen molar-refractivity contribution in [3.63, 3.8) is 0 Å². The molecule has 0 spiro atoms. The lowest BCUT2D eigenvalue weighted by atomic mass is 10.1. The molecule has 0 aliphatic heterocycles. The molecule has 0 unspecified atom stereocenters. The first kappa shape index (κ1) is 17.4. The van der Waals surface area contributed by atoms with Gasteiger partial charge in [-0.15, -0.1) is 0 Å². The highest BCUT2D eigenvalue weighted by molar-refractivity contribution is 6.31. The van der Waals surface area contributed by atoms with Gasteiger partial charge in [-0.2, -0.15) is 0 Å². The van der Waals surface area contributed by atoms with Crippen LogP contribution in [0.5, 0.6) is 0 Å². The van der Waals surface area contributed by atoms with Gasteiger partial charge in [-0.25, -0.2) is 9.78 Å². The number of anilines is 1. The van der Waals surface area contributed by atoms with Crippen LogP contribution in [0.4, 0.5) is 11.5 Å². The number of nitrogens with zero attached hydrogens (tertiary/aromatic N) is 2. The number of halogens is 1. The van der Waals surface area contributed by atoms with Crippen LogP contribution in [0.1, 0.15) is 27.6 Å². The number of hydrogen-bond donors (Lipinski definition) is 1. The molecule has 2 aromatic rings. The monoisotopic (exact) mass is 349 g/mol. The van der Waals surface area contributed by atoms with E-state index in [1.54, 1.807) is 6.92 Å². The zero-order valence-corrected chi connectivity index (χ0v) is 13.2. The normalized spacial score (nSPS) is 10.1. The minimum Gasteiger partial charge on any atom is -0.462 e. The standard InChI is InChI=1S/C15H12ClN3O5/c1-2-24-15(21)9-5-6-17-13(7-9)18-14(20)11-4-3-10(16)8-12(11)19(22)23/h3-8H,2H2,1H3,(H,17,18,20). The van der Waals surface area contributed by atoms with Crippen LogP contribution >= 0.6 is 11.6 Å². The predicted octanol–water partition coefficient (Wildman–Crippen LogP) is 3.07. The number of carbonyl (C=O) groups is 2. The number of nitro groups is 1. The molecule has 0 saturated carbocycles. The number of rotatable bonds is 5. The van der Waals surface area contributed by atoms with Crippen molar-refractivity contribution in [2.75, 3.05) is 11.9 Å². The van der Waals surface area contributed by atoms with E-state index in [9.17, 15) is 19.7 Å². The molecule has 8 nitrogen and oxygen atoms in total. The fourth-order valence-corrected chi connectivity index (χ4v) is 2.04. The number of benzene rings is 1. The van der Waals surface area contributed by atoms with E-state index in [-0.39, 0.29) is 28.6 Å². The van der Waals surface area contributed by atoms with Gasteiger partial charge in [0.25, 0.3) is 11.6 Å². The van der Waals surface area contributed by atoms with E-state index in [1.807, 2.05) is 0 Å². The Morgan fingerprint density at radius 2 is 2.08 bits per heavy atom. The van der Waals surface area contributed by atoms with E-state index in [4.69, 9.17) is 16.3 Å². The number of pyridine rings is 1. The average Bonchev–Trinajstić information content (AvgIpc) is 2.55. The maximum absolute atomic E-state index is 12.2. The van der Waals surface area contributed by atoms with Gasteiger partial charge in [0.1, 0.15) is 11.4 Å². The summed E-state index contributed by atoms with van der Waals surface area (Å²) in [5.74, 6) is -1.24. The van der Waals surface area contributed by atoms with Crippen LogP contribution in [0.2, 0.25) is 5.02 Å². The number of carbonyl (C=O) groups excluding carboxylic acids is 2. The number of hydrogen-bond acceptors (Lipinski definition) is 6. The lowest BCUT2D eigenvalue weighted by molar-refractivity contribution is -0.385. The van der Waals surface area contributed by atoms with Crippen molar-refractivity contribution in [1.29, 1.82) is 0 Å². The molecule has 1 amide bonds. The van der Waals surface area contributed by atoms with E-state index < -0.39 is 22.5 Å². The quantitative estimate of drug-likeness (QED) is 0.504. The van der Waals surface area contributed by atoms with Gasteiger partial charge in [0.05, 0.1) is 17.1 Å². The molecule has 1 aromatic carbocycles. The molecule has 2 rings (SSSR count). The number of aromatic nitrogens is 1. The summed E-state index contributed by atoms with van der Waals surface area (Å²) in [4.78, 5) is 38.1. The number of amides is 1. The van der Waals surface area contributed by atoms with Crippen LogP contribution in [0, 0.1) is 10.1 Å². The molecule has 1 aromatic heterocycles. The van der Waals surface area contributed by atoms with Crippen molar-refractivity contribution in [3.05, 3.63) is 62.8 Å². The second-order valence-electron chi connectivity index (χ2n) is 4.52. The van der Waals surface area contributed by atoms with Crippen LogP contribution in [-0.2, 0) is 4.74 Å². The van der Waals surface area contributed by atoms with Gasteiger partial charge in [-0.1, -0.05) is 11.6 Å². The molecule has 0 saturated heterocycles. The summed E-state index contributed by atoms with van der Waals surface area (Å²) in [6.07, 6.45) is 1.32. The minimum absolute atomic E-state index is 0.0646. The van der Waals surface area contributed by atoms with Crippen molar-refractivity contribution in [2.45, 2.75) is 6.92 Å². The Morgan fingerprint density at radius 1 is 1.33 bits per heavy atom. The fraction of sp³-hybridized carbons (Fsp3) is 0.133. The number of nitrogens with one attached hydrogen (secondary N) is 1. The van der Waals surface area contributed by atoms with Gasteiger partial charge >= 0.3 is 5.97 Å². The van der Waals surface area contributed by atoms with Crippen LogP contribution in [0.3, 0.4) is 0 Å². The maximum atomic E-state index is 12.2. The van der Waals surface area contributed by atoms with Gasteiger partial charge in [0.2, 0.25) is 0 Å². The number of nitro benzene ring substituents is 1. The van der Waals surface area contributed by atoms with Crippen LogP contribution in [0.15, 0.2) is 36.5 Å². The topological polar surface area (TPSA) is 111 Å². The van der Waals surface area contributed by atoms with Crippen molar-refractivity contribution < 1.29 is 19.2 Å². The molecule has 1 heterocycles. The Bertz CT molecular complexity index is 809. The highest BCUT2D eigenvalue weighted by atomic mass is 35.5. The summed E-state index contributed by atoms with van der Waals surface area (Å²) >= 11 is 5.71. The molecule has 0 atom stereocenters. The predicted molar refractivity (Wildman–Crippen MR) is 86.3 cm³/mol. The zero-order valence-electron chi connectivity index (χ0n) is 12.5. The Labute approximate surface area is 141 Å². The summed E-state index contributed by atoms with van der Waals surface area (Å²) in [6, 6.07) is 6.44. The average molecular weight is 350 g/mol. The highest BCUT2D eigenvalue weighted by Gasteiger charge is 2.21. The molecule has 0 radical (unpaired) electrons. The summed E-state index contributed by atoms with van der Waals surface area (Å²) in [5, 5.41) is 13.6. The van der Waals surface area contributed by atoms with Gasteiger partial charge in [-0.3, -0.25) is 14.9 Å². The van der Waals surface area contributed by atoms with Gasteiger partial charge in [0.15, 0.2) is 0 Å². The molecular formula is C15H12ClN3O5. The summed E-state index contributed by atoms with van der Waals surface area (Å²) in [5.41, 5.74) is -0.401. The lowest BCUT2D eigenvalue weighted by Crippen LogP contribution is -2.15. The van der Waals surface area contributed by atoms with Crippen molar-refractivity contribution >= 4 is 35.0 Å². The Balaban J connectivity index is 2.26. The molecule has 124 valence electrons. The highest BCUT2D eigenvalue weighted by Crippen LogP contribution is 2.24. The zero-order chi connectivity index (χ0) is 17.7. The minimum atomic E-state index is -0.744. The molecule has 0 fully saturated rings. The molecule has 0 bridgehead atoms. The van der Waals surface area contributed by atoms with Crippen molar-refractivity contribution in [2.24, 2.45) is 0 Å². The van der Waals surface area contributed by atoms with E-state index in [2.05, 4.69) is 10.3 Å². The third-order valence-electron chi connectivity index (χ3n) is 2.91. The summed E-state index contributed by atoms with van der Waals surface area (Å²) in [7, 11) is 0. The maximum Gasteiger partial charge on any atom is 0.338 e. The van der Waals surface area contributed by atoms with E-state index in [0.717, 1.165) is 6.07 Å². The molecular weight excluding hydrogens is 338 g/mol. The van der Waals surface area contributed by atoms with Gasteiger partial charge in [-0.05, 0) is 31.2 Å². The van der Waals surface area contributed by atoms with Crippen LogP contribution in [-0.4, -0.2) is 28.4 Å². The van der Waals surface area contributed by atoms with Gasteiger partial charge in [0, 0.05) is 17.3 Å². The SMILES string of the molecule is CCOC(=O)c1ccnc(NC(=O)c2ccc(Cl)cc2[N+](=O)[O-])c1. The van der Waals surface area contributed by atoms with Crippen LogP contribution in [0.25, 0.3) is 0 Å². The van der Waals surface area contributed by atoms with Crippen molar-refractivity contribution in [3.8, 4) is 0 Å². The Morgan fingerprint density at radius 3 is 2.75 bits per heavy atom. The molecule has 1 N–H and O–H groups in total. The van der Waals surface area contributed by atoms with E-state index in [0.29, 0.717) is 0 Å². The lowest BCUT2D eigenvalue weighted by Gasteiger charge is -2.07. The summed E-state index contributed by atoms with van der Waals surface area (Å²) < 4.78 is 4.85. The van der Waals surface area contributed by atoms with E-state index in [1.165, 1.54) is 30.5 Å². The Kier molecular flexibility index (Phi) is 5.43. The smallest absolute Gasteiger partial charge is 0.338 e. The first-order valence-electron chi connectivity index (χ1n) is 6.81. The van der Waals surface area contributed by atoms with Crippen LogP contribution < -0.4 is 5.32 Å². The summed E-state index contributed by atoms with van der Waals surface area (Å²) in [6.45, 7) is 1.88. The first-order chi connectivity index (χ1) is 11.4. The van der Waals surface area contributed by atoms with E-state index >= 15 is 0 Å². The molecule has 9 heteroatoms. The molecule has 24 heavy (non-hydrogen) atoms. The second-order valence-corrected chi connectivity index (χ2v) is 4.96. The largest absolute Gasteiger partial charge is 0.462 e. The second kappa shape index (κ2) is 7.51. The number of esters is 1. The number of ether oxygens (including phenoxy) is 1. The van der Waals surface area contributed by atoms with Gasteiger partial charge < -0.3 is 10.1 Å². The molecule has 0 aliphatic carbocycles. The third-order valence-corrected chi connectivity index (χ3v) is 3.15. The fourth-order valence-electron chi connectivity index (χ4n) is 1.87. The molecule has 0 aliphatic rings. The Hall–Kier alpha value is -3.00. The first-order valence-corrected chi connectivity index (χ1v) is 7.18. The van der Waals surface area contributed by atoms with Crippen molar-refractivity contribution in [1.82, 2.24) is 4.98 Å².